The number of aromatic amines is 1. The van der Waals surface area contributed by atoms with Crippen molar-refractivity contribution in [2.75, 3.05) is 58.3 Å². The summed E-state index contributed by atoms with van der Waals surface area (Å²) in [5.41, 5.74) is 1.16. The Morgan fingerprint density at radius 2 is 2.09 bits per heavy atom. The zero-order valence-electron chi connectivity index (χ0n) is 13.5. The van der Waals surface area contributed by atoms with Crippen LogP contribution in [0.3, 0.4) is 0 Å². The van der Waals surface area contributed by atoms with Gasteiger partial charge in [-0.2, -0.15) is 5.10 Å². The second-order valence-electron chi connectivity index (χ2n) is 6.38. The minimum Gasteiger partial charge on any atom is -0.353 e. The van der Waals surface area contributed by atoms with Crippen LogP contribution in [0.5, 0.6) is 0 Å². The second-order valence-corrected chi connectivity index (χ2v) is 6.38. The van der Waals surface area contributed by atoms with Crippen molar-refractivity contribution in [1.82, 2.24) is 25.3 Å². The summed E-state index contributed by atoms with van der Waals surface area (Å²) in [6, 6.07) is 2.27. The van der Waals surface area contributed by atoms with Gasteiger partial charge in [-0.1, -0.05) is 0 Å². The summed E-state index contributed by atoms with van der Waals surface area (Å²) in [7, 11) is 3.62. The van der Waals surface area contributed by atoms with Gasteiger partial charge in [-0.05, 0) is 12.8 Å². The highest BCUT2D eigenvalue weighted by Crippen LogP contribution is 2.28. The number of hydrogen-bond donors (Lipinski definition) is 2. The Kier molecular flexibility index (Phi) is 4.52. The van der Waals surface area contributed by atoms with E-state index in [1.165, 1.54) is 0 Å². The lowest BCUT2D eigenvalue weighted by Gasteiger charge is -2.33. The fraction of sp³-hybridized carbons (Fsp3) is 0.733. The highest BCUT2D eigenvalue weighted by Gasteiger charge is 2.27. The maximum absolute atomic E-state index is 12.1. The van der Waals surface area contributed by atoms with Gasteiger partial charge in [-0.3, -0.25) is 5.10 Å². The van der Waals surface area contributed by atoms with Crippen molar-refractivity contribution >= 4 is 11.8 Å². The molecule has 1 aromatic rings. The SMILES string of the molecule is CN(C)C(=O)N1CCCC(c2cc(N3CCNCC3)n[nH]2)C1. The van der Waals surface area contributed by atoms with Crippen LogP contribution < -0.4 is 10.2 Å². The summed E-state index contributed by atoms with van der Waals surface area (Å²) in [5.74, 6) is 1.40. The molecule has 3 heterocycles. The molecular formula is C15H26N6O. The molecule has 2 saturated heterocycles. The van der Waals surface area contributed by atoms with Crippen molar-refractivity contribution in [3.05, 3.63) is 11.8 Å². The van der Waals surface area contributed by atoms with Gasteiger partial charge in [0.15, 0.2) is 5.82 Å². The summed E-state index contributed by atoms with van der Waals surface area (Å²) in [4.78, 5) is 18.0. The van der Waals surface area contributed by atoms with Crippen LogP contribution in [0.4, 0.5) is 10.6 Å². The minimum absolute atomic E-state index is 0.103. The van der Waals surface area contributed by atoms with Crippen molar-refractivity contribution in [1.29, 1.82) is 0 Å². The number of aromatic nitrogens is 2. The van der Waals surface area contributed by atoms with Crippen molar-refractivity contribution in [3.63, 3.8) is 0 Å². The summed E-state index contributed by atoms with van der Waals surface area (Å²) in [5, 5.41) is 11.0. The van der Waals surface area contributed by atoms with Gasteiger partial charge in [0.1, 0.15) is 0 Å². The number of urea groups is 1. The van der Waals surface area contributed by atoms with Crippen molar-refractivity contribution in [2.45, 2.75) is 18.8 Å². The molecule has 2 N–H and O–H groups in total. The zero-order valence-corrected chi connectivity index (χ0v) is 13.5. The smallest absolute Gasteiger partial charge is 0.319 e. The van der Waals surface area contributed by atoms with E-state index in [1.807, 2.05) is 19.0 Å². The number of likely N-dealkylation sites (tertiary alicyclic amines) is 1. The van der Waals surface area contributed by atoms with Gasteiger partial charge in [0.05, 0.1) is 0 Å². The molecule has 0 aliphatic carbocycles. The molecule has 2 aliphatic rings. The molecule has 22 heavy (non-hydrogen) atoms. The fourth-order valence-electron chi connectivity index (χ4n) is 3.28. The lowest BCUT2D eigenvalue weighted by Crippen LogP contribution is -2.44. The summed E-state index contributed by atoms with van der Waals surface area (Å²) >= 11 is 0. The highest BCUT2D eigenvalue weighted by molar-refractivity contribution is 5.74. The highest BCUT2D eigenvalue weighted by atomic mass is 16.2. The molecule has 1 atom stereocenters. The minimum atomic E-state index is 0.103. The predicted octanol–water partition coefficient (Wildman–Crippen LogP) is 0.680. The van der Waals surface area contributed by atoms with Crippen molar-refractivity contribution in [3.8, 4) is 0 Å². The standard InChI is InChI=1S/C15H26N6O/c1-19(2)15(22)21-7-3-4-12(11-21)13-10-14(18-17-13)20-8-5-16-6-9-20/h10,12,16H,3-9,11H2,1-2H3,(H,17,18). The molecule has 3 rings (SSSR count). The first-order valence-corrected chi connectivity index (χ1v) is 8.12. The Labute approximate surface area is 131 Å². The Bertz CT molecular complexity index is 508. The van der Waals surface area contributed by atoms with E-state index in [-0.39, 0.29) is 6.03 Å². The number of piperidine rings is 1. The number of rotatable bonds is 2. The molecule has 1 aromatic heterocycles. The maximum atomic E-state index is 12.1. The Morgan fingerprint density at radius 1 is 1.32 bits per heavy atom. The van der Waals surface area contributed by atoms with Crippen molar-refractivity contribution in [2.24, 2.45) is 0 Å². The van der Waals surface area contributed by atoms with E-state index in [0.29, 0.717) is 5.92 Å². The topological polar surface area (TPSA) is 67.5 Å². The van der Waals surface area contributed by atoms with Gasteiger partial charge in [-0.25, -0.2) is 4.79 Å². The van der Waals surface area contributed by atoms with Crippen LogP contribution in [-0.2, 0) is 0 Å². The van der Waals surface area contributed by atoms with E-state index >= 15 is 0 Å². The number of anilines is 1. The molecule has 0 bridgehead atoms. The molecular weight excluding hydrogens is 280 g/mol. The molecule has 0 spiro atoms. The first-order chi connectivity index (χ1) is 10.6. The van der Waals surface area contributed by atoms with E-state index in [9.17, 15) is 4.79 Å². The lowest BCUT2D eigenvalue weighted by molar-refractivity contribution is 0.154. The number of hydrogen-bond acceptors (Lipinski definition) is 4. The third-order valence-electron chi connectivity index (χ3n) is 4.54. The summed E-state index contributed by atoms with van der Waals surface area (Å²) in [6.45, 7) is 5.65. The average Bonchev–Trinajstić information content (AvgIpc) is 3.05. The number of nitrogens with one attached hydrogen (secondary N) is 2. The van der Waals surface area contributed by atoms with Gasteiger partial charge < -0.3 is 20.0 Å². The van der Waals surface area contributed by atoms with Crippen LogP contribution in [0.1, 0.15) is 24.5 Å². The molecule has 1 unspecified atom stereocenters. The molecule has 2 amide bonds. The number of carbonyl (C=O) groups is 1. The quantitative estimate of drug-likeness (QED) is 0.843. The first kappa shape index (κ1) is 15.1. The number of carbonyl (C=O) groups excluding carboxylic acids is 1. The number of nitrogens with zero attached hydrogens (tertiary/aromatic N) is 4. The van der Waals surface area contributed by atoms with Crippen molar-refractivity contribution < 1.29 is 4.79 Å². The number of amides is 2. The number of piperazine rings is 1. The Balaban J connectivity index is 1.66. The number of H-pyrrole nitrogens is 1. The van der Waals surface area contributed by atoms with Gasteiger partial charge in [0.2, 0.25) is 0 Å². The van der Waals surface area contributed by atoms with Crippen LogP contribution in [-0.4, -0.2) is 79.4 Å². The van der Waals surface area contributed by atoms with Crippen LogP contribution in [0.2, 0.25) is 0 Å². The molecule has 122 valence electrons. The third-order valence-corrected chi connectivity index (χ3v) is 4.54. The normalized spacial score (nSPS) is 22.7. The van der Waals surface area contributed by atoms with Crippen LogP contribution in [0.15, 0.2) is 6.07 Å². The largest absolute Gasteiger partial charge is 0.353 e. The van der Waals surface area contributed by atoms with E-state index in [0.717, 1.165) is 63.6 Å². The molecule has 0 radical (unpaired) electrons. The summed E-state index contributed by atoms with van der Waals surface area (Å²) < 4.78 is 0. The fourth-order valence-corrected chi connectivity index (χ4v) is 3.28. The second kappa shape index (κ2) is 6.56. The molecule has 7 heteroatoms. The molecule has 2 fully saturated rings. The summed E-state index contributed by atoms with van der Waals surface area (Å²) in [6.07, 6.45) is 2.16. The van der Waals surface area contributed by atoms with E-state index in [2.05, 4.69) is 26.5 Å². The third kappa shape index (κ3) is 3.19. The predicted molar refractivity (Wildman–Crippen MR) is 86.3 cm³/mol. The Morgan fingerprint density at radius 3 is 2.82 bits per heavy atom. The van der Waals surface area contributed by atoms with Crippen LogP contribution in [0.25, 0.3) is 0 Å². The molecule has 0 aromatic carbocycles. The van der Waals surface area contributed by atoms with Crippen LogP contribution >= 0.6 is 0 Å². The van der Waals surface area contributed by atoms with Gasteiger partial charge in [-0.15, -0.1) is 0 Å². The molecule has 0 saturated carbocycles. The molecule has 7 nitrogen and oxygen atoms in total. The lowest BCUT2D eigenvalue weighted by atomic mass is 9.95. The zero-order chi connectivity index (χ0) is 15.5. The van der Waals surface area contributed by atoms with E-state index < -0.39 is 0 Å². The van der Waals surface area contributed by atoms with Crippen LogP contribution in [0, 0.1) is 0 Å². The Hall–Kier alpha value is -1.76. The van der Waals surface area contributed by atoms with Gasteiger partial charge in [0.25, 0.3) is 0 Å². The maximum Gasteiger partial charge on any atom is 0.319 e. The monoisotopic (exact) mass is 306 g/mol. The van der Waals surface area contributed by atoms with E-state index in [1.54, 1.807) is 4.90 Å². The van der Waals surface area contributed by atoms with E-state index in [4.69, 9.17) is 0 Å². The first-order valence-electron chi connectivity index (χ1n) is 8.12. The van der Waals surface area contributed by atoms with Gasteiger partial charge >= 0.3 is 6.03 Å². The molecule has 2 aliphatic heterocycles. The van der Waals surface area contributed by atoms with Gasteiger partial charge in [0, 0.05) is 71.0 Å². The average molecular weight is 306 g/mol.